The maximum atomic E-state index is 13.4. The molecule has 2 atom stereocenters. The van der Waals surface area contributed by atoms with Crippen LogP contribution in [-0.4, -0.2) is 61.5 Å². The zero-order valence-electron chi connectivity index (χ0n) is 18.4. The van der Waals surface area contributed by atoms with Crippen molar-refractivity contribution in [2.24, 2.45) is 0 Å². The van der Waals surface area contributed by atoms with Gasteiger partial charge in [0.05, 0.1) is 19.8 Å². The number of hydrogen-bond donors (Lipinski definition) is 1. The molecular formula is C22H32N2O5S. The Morgan fingerprint density at radius 1 is 1.20 bits per heavy atom. The highest BCUT2D eigenvalue weighted by Crippen LogP contribution is 2.58. The number of ether oxygens (including phenoxy) is 3. The molecule has 0 aliphatic carbocycles. The molecular weight excluding hydrogens is 404 g/mol. The van der Waals surface area contributed by atoms with Crippen LogP contribution in [0.15, 0.2) is 12.1 Å². The molecule has 3 rings (SSSR count). The fraction of sp³-hybridized carbons (Fsp3) is 0.636. The SMILES string of the molecule is CCCCOCCCNC(=O)[C@H]1N2C(=O)c3c(ccc(OC)c3OC)C2SC1(C)C. The van der Waals surface area contributed by atoms with Gasteiger partial charge in [0.15, 0.2) is 11.5 Å². The number of nitrogens with zero attached hydrogens (tertiary/aromatic N) is 1. The molecule has 0 spiro atoms. The van der Waals surface area contributed by atoms with Crippen LogP contribution in [0.5, 0.6) is 11.5 Å². The van der Waals surface area contributed by atoms with Gasteiger partial charge in [-0.1, -0.05) is 19.4 Å². The van der Waals surface area contributed by atoms with E-state index < -0.39 is 10.8 Å². The number of hydrogen-bond acceptors (Lipinski definition) is 6. The lowest BCUT2D eigenvalue weighted by Gasteiger charge is -2.29. The van der Waals surface area contributed by atoms with Crippen LogP contribution in [-0.2, 0) is 9.53 Å². The van der Waals surface area contributed by atoms with Gasteiger partial charge in [-0.3, -0.25) is 9.59 Å². The molecule has 1 fully saturated rings. The van der Waals surface area contributed by atoms with Crippen LogP contribution in [0, 0.1) is 0 Å². The van der Waals surface area contributed by atoms with Gasteiger partial charge in [0.1, 0.15) is 11.4 Å². The summed E-state index contributed by atoms with van der Waals surface area (Å²) in [7, 11) is 3.07. The minimum Gasteiger partial charge on any atom is -0.493 e. The number of benzene rings is 1. The fourth-order valence-electron chi connectivity index (χ4n) is 4.09. The lowest BCUT2D eigenvalue weighted by atomic mass is 10.0. The van der Waals surface area contributed by atoms with Gasteiger partial charge < -0.3 is 24.4 Å². The molecule has 166 valence electrons. The van der Waals surface area contributed by atoms with E-state index in [1.165, 1.54) is 7.11 Å². The lowest BCUT2D eigenvalue weighted by molar-refractivity contribution is -0.126. The highest BCUT2D eigenvalue weighted by atomic mass is 32.2. The van der Waals surface area contributed by atoms with Gasteiger partial charge in [-0.15, -0.1) is 11.8 Å². The van der Waals surface area contributed by atoms with E-state index in [-0.39, 0.29) is 17.2 Å². The first-order chi connectivity index (χ1) is 14.4. The first kappa shape index (κ1) is 22.7. The van der Waals surface area contributed by atoms with E-state index in [0.717, 1.165) is 31.4 Å². The third-order valence-electron chi connectivity index (χ3n) is 5.55. The number of carbonyl (C=O) groups excluding carboxylic acids is 2. The molecule has 7 nitrogen and oxygen atoms in total. The van der Waals surface area contributed by atoms with Crippen molar-refractivity contribution in [1.29, 1.82) is 0 Å². The second-order valence-corrected chi connectivity index (χ2v) is 9.80. The number of thioether (sulfide) groups is 1. The summed E-state index contributed by atoms with van der Waals surface area (Å²) < 4.78 is 16.0. The largest absolute Gasteiger partial charge is 0.493 e. The molecule has 1 aromatic rings. The molecule has 8 heteroatoms. The van der Waals surface area contributed by atoms with E-state index in [4.69, 9.17) is 14.2 Å². The van der Waals surface area contributed by atoms with Gasteiger partial charge in [0.25, 0.3) is 5.91 Å². The minimum absolute atomic E-state index is 0.129. The summed E-state index contributed by atoms with van der Waals surface area (Å²) in [5, 5.41) is 2.79. The lowest BCUT2D eigenvalue weighted by Crippen LogP contribution is -2.52. The Hall–Kier alpha value is -1.93. The Kier molecular flexibility index (Phi) is 7.18. The van der Waals surface area contributed by atoms with E-state index in [9.17, 15) is 9.59 Å². The van der Waals surface area contributed by atoms with E-state index >= 15 is 0 Å². The van der Waals surface area contributed by atoms with E-state index in [1.807, 2.05) is 26.0 Å². The Bertz CT molecular complexity index is 798. The summed E-state index contributed by atoms with van der Waals surface area (Å²) >= 11 is 1.63. The van der Waals surface area contributed by atoms with Gasteiger partial charge in [0, 0.05) is 30.1 Å². The van der Waals surface area contributed by atoms with Crippen LogP contribution in [0.2, 0.25) is 0 Å². The number of amides is 2. The number of methoxy groups -OCH3 is 2. The Morgan fingerprint density at radius 3 is 2.60 bits per heavy atom. The van der Waals surface area contributed by atoms with Crippen LogP contribution >= 0.6 is 11.8 Å². The molecule has 0 bridgehead atoms. The van der Waals surface area contributed by atoms with Gasteiger partial charge in [-0.2, -0.15) is 0 Å². The molecule has 2 aliphatic heterocycles. The van der Waals surface area contributed by atoms with Gasteiger partial charge in [-0.05, 0) is 32.8 Å². The Labute approximate surface area is 182 Å². The second-order valence-electron chi connectivity index (χ2n) is 8.06. The summed E-state index contributed by atoms with van der Waals surface area (Å²) in [6.45, 7) is 8.06. The highest BCUT2D eigenvalue weighted by molar-refractivity contribution is 8.01. The van der Waals surface area contributed by atoms with Crippen molar-refractivity contribution >= 4 is 23.6 Å². The monoisotopic (exact) mass is 436 g/mol. The van der Waals surface area contributed by atoms with Crippen LogP contribution in [0.1, 0.15) is 61.3 Å². The first-order valence-corrected chi connectivity index (χ1v) is 11.4. The molecule has 2 heterocycles. The van der Waals surface area contributed by atoms with Gasteiger partial charge in [-0.25, -0.2) is 0 Å². The van der Waals surface area contributed by atoms with Gasteiger partial charge in [0.2, 0.25) is 5.91 Å². The normalized spacial score (nSPS) is 21.4. The number of unbranched alkanes of at least 4 members (excludes halogenated alkanes) is 1. The summed E-state index contributed by atoms with van der Waals surface area (Å²) in [6.07, 6.45) is 2.90. The van der Waals surface area contributed by atoms with Crippen molar-refractivity contribution in [3.05, 3.63) is 23.3 Å². The quantitative estimate of drug-likeness (QED) is 0.567. The van der Waals surface area contributed by atoms with E-state index in [0.29, 0.717) is 30.2 Å². The Balaban J connectivity index is 1.73. The number of nitrogens with one attached hydrogen (secondary N) is 1. The van der Waals surface area contributed by atoms with Crippen molar-refractivity contribution in [1.82, 2.24) is 10.2 Å². The molecule has 0 radical (unpaired) electrons. The average Bonchev–Trinajstić information content (AvgIpc) is 3.15. The third-order valence-corrected chi connectivity index (χ3v) is 7.09. The maximum absolute atomic E-state index is 13.4. The standard InChI is InChI=1S/C22H32N2O5S/c1-6-7-12-29-13-8-11-23-19(25)18-22(2,3)30-21-14-9-10-15(27-4)17(28-5)16(14)20(26)24(18)21/h9-10,18,21H,6-8,11-13H2,1-5H3,(H,23,25)/t18-,21?/m1/s1. The second kappa shape index (κ2) is 9.47. The Morgan fingerprint density at radius 2 is 1.93 bits per heavy atom. The minimum atomic E-state index is -0.566. The fourth-order valence-corrected chi connectivity index (χ4v) is 5.67. The highest BCUT2D eigenvalue weighted by Gasteiger charge is 2.58. The van der Waals surface area contributed by atoms with Crippen molar-refractivity contribution in [2.75, 3.05) is 34.0 Å². The molecule has 1 N–H and O–H groups in total. The van der Waals surface area contributed by atoms with E-state index in [2.05, 4.69) is 12.2 Å². The summed E-state index contributed by atoms with van der Waals surface area (Å²) in [5.41, 5.74) is 1.36. The number of carbonyl (C=O) groups is 2. The van der Waals surface area contributed by atoms with Crippen LogP contribution in [0.4, 0.5) is 0 Å². The predicted octanol–water partition coefficient (Wildman–Crippen LogP) is 3.38. The molecule has 1 saturated heterocycles. The molecule has 2 aliphatic rings. The average molecular weight is 437 g/mol. The van der Waals surface area contributed by atoms with Crippen molar-refractivity contribution in [2.45, 2.75) is 56.2 Å². The zero-order chi connectivity index (χ0) is 21.9. The predicted molar refractivity (Wildman–Crippen MR) is 117 cm³/mol. The van der Waals surface area contributed by atoms with Crippen molar-refractivity contribution in [3.63, 3.8) is 0 Å². The molecule has 0 aromatic heterocycles. The molecule has 1 unspecified atom stereocenters. The molecule has 2 amide bonds. The van der Waals surface area contributed by atoms with Crippen LogP contribution in [0.3, 0.4) is 0 Å². The van der Waals surface area contributed by atoms with Crippen LogP contribution in [0.25, 0.3) is 0 Å². The smallest absolute Gasteiger partial charge is 0.260 e. The van der Waals surface area contributed by atoms with Crippen molar-refractivity contribution < 1.29 is 23.8 Å². The number of rotatable bonds is 10. The summed E-state index contributed by atoms with van der Waals surface area (Å²) in [6, 6.07) is 3.15. The third kappa shape index (κ3) is 4.12. The molecule has 1 aromatic carbocycles. The summed E-state index contributed by atoms with van der Waals surface area (Å²) in [5.74, 6) is 0.623. The van der Waals surface area contributed by atoms with Crippen LogP contribution < -0.4 is 14.8 Å². The number of fused-ring (bicyclic) bond motifs is 3. The summed E-state index contributed by atoms with van der Waals surface area (Å²) in [4.78, 5) is 28.2. The topological polar surface area (TPSA) is 77.1 Å². The van der Waals surface area contributed by atoms with Crippen molar-refractivity contribution in [3.8, 4) is 11.5 Å². The first-order valence-electron chi connectivity index (χ1n) is 10.5. The molecule has 30 heavy (non-hydrogen) atoms. The zero-order valence-corrected chi connectivity index (χ0v) is 19.3. The van der Waals surface area contributed by atoms with E-state index in [1.54, 1.807) is 23.8 Å². The maximum Gasteiger partial charge on any atom is 0.260 e. The van der Waals surface area contributed by atoms with Gasteiger partial charge >= 0.3 is 0 Å². The molecule has 0 saturated carbocycles.